The zero-order valence-corrected chi connectivity index (χ0v) is 6.75. The van der Waals surface area contributed by atoms with Crippen molar-refractivity contribution in [2.75, 3.05) is 6.61 Å². The summed E-state index contributed by atoms with van der Waals surface area (Å²) in [5.41, 5.74) is 0. The molecule has 1 aliphatic heterocycles. The van der Waals surface area contributed by atoms with E-state index in [-0.39, 0.29) is 12.0 Å². The van der Waals surface area contributed by atoms with Gasteiger partial charge in [0, 0.05) is 6.61 Å². The third-order valence-electron chi connectivity index (χ3n) is 2.17. The fraction of sp³-hybridized carbons (Fsp3) is 0.875. The lowest BCUT2D eigenvalue weighted by Gasteiger charge is -2.25. The van der Waals surface area contributed by atoms with Crippen LogP contribution in [-0.4, -0.2) is 23.8 Å². The second kappa shape index (κ2) is 3.72. The van der Waals surface area contributed by atoms with Crippen molar-refractivity contribution in [3.8, 4) is 0 Å². The molecular formula is C8H14O3. The van der Waals surface area contributed by atoms with Crippen LogP contribution in [0.2, 0.25) is 0 Å². The first-order chi connectivity index (χ1) is 5.24. The van der Waals surface area contributed by atoms with Crippen molar-refractivity contribution < 1.29 is 14.6 Å². The number of ether oxygens (including phenoxy) is 1. The monoisotopic (exact) mass is 158 g/mol. The van der Waals surface area contributed by atoms with E-state index in [2.05, 4.69) is 0 Å². The van der Waals surface area contributed by atoms with Crippen LogP contribution in [0.25, 0.3) is 0 Å². The van der Waals surface area contributed by atoms with Gasteiger partial charge in [0.25, 0.3) is 0 Å². The third-order valence-corrected chi connectivity index (χ3v) is 2.17. The molecule has 0 amide bonds. The van der Waals surface area contributed by atoms with Crippen LogP contribution in [0.3, 0.4) is 0 Å². The molecule has 0 aliphatic carbocycles. The molecule has 1 fully saturated rings. The highest BCUT2D eigenvalue weighted by Gasteiger charge is 2.26. The Morgan fingerprint density at radius 2 is 2.45 bits per heavy atom. The zero-order valence-electron chi connectivity index (χ0n) is 6.75. The van der Waals surface area contributed by atoms with E-state index >= 15 is 0 Å². The van der Waals surface area contributed by atoms with Gasteiger partial charge in [-0.25, -0.2) is 0 Å². The Labute approximate surface area is 66.4 Å². The second-order valence-electron chi connectivity index (χ2n) is 2.96. The van der Waals surface area contributed by atoms with Crippen LogP contribution in [0.15, 0.2) is 0 Å². The number of carbonyl (C=O) groups is 1. The average Bonchev–Trinajstić information content (AvgIpc) is 2.05. The molecule has 0 aromatic carbocycles. The van der Waals surface area contributed by atoms with Gasteiger partial charge in [-0.3, -0.25) is 4.79 Å². The summed E-state index contributed by atoms with van der Waals surface area (Å²) in [6.07, 6.45) is 2.45. The van der Waals surface area contributed by atoms with E-state index in [4.69, 9.17) is 9.84 Å². The molecule has 0 spiro atoms. The largest absolute Gasteiger partial charge is 0.481 e. The Kier molecular flexibility index (Phi) is 2.88. The summed E-state index contributed by atoms with van der Waals surface area (Å²) in [7, 11) is 0. The topological polar surface area (TPSA) is 46.5 Å². The molecule has 1 heterocycles. The standard InChI is InChI=1S/C8H14O3/c1-2-7-5-6(8(9)10)3-4-11-7/h6-7H,2-5H2,1H3,(H,9,10)/t6-,7+/m0/s1. The minimum absolute atomic E-state index is 0.171. The number of carboxylic acids is 1. The summed E-state index contributed by atoms with van der Waals surface area (Å²) < 4.78 is 5.34. The molecule has 0 bridgehead atoms. The first-order valence-corrected chi connectivity index (χ1v) is 4.08. The fourth-order valence-corrected chi connectivity index (χ4v) is 1.39. The quantitative estimate of drug-likeness (QED) is 0.658. The molecule has 0 aromatic heterocycles. The summed E-state index contributed by atoms with van der Waals surface area (Å²) >= 11 is 0. The molecule has 1 saturated heterocycles. The summed E-state index contributed by atoms with van der Waals surface area (Å²) in [5.74, 6) is -0.847. The Morgan fingerprint density at radius 1 is 1.73 bits per heavy atom. The normalized spacial score (nSPS) is 31.7. The Morgan fingerprint density at radius 3 is 3.00 bits per heavy atom. The zero-order chi connectivity index (χ0) is 8.27. The summed E-state index contributed by atoms with van der Waals surface area (Å²) in [6.45, 7) is 2.63. The summed E-state index contributed by atoms with van der Waals surface area (Å²) in [6, 6.07) is 0. The van der Waals surface area contributed by atoms with Crippen molar-refractivity contribution >= 4 is 5.97 Å². The molecule has 3 heteroatoms. The second-order valence-corrected chi connectivity index (χ2v) is 2.96. The predicted molar refractivity (Wildman–Crippen MR) is 40.4 cm³/mol. The fourth-order valence-electron chi connectivity index (χ4n) is 1.39. The van der Waals surface area contributed by atoms with Crippen molar-refractivity contribution in [3.63, 3.8) is 0 Å². The van der Waals surface area contributed by atoms with Crippen LogP contribution in [0.5, 0.6) is 0 Å². The van der Waals surface area contributed by atoms with Gasteiger partial charge in [0.2, 0.25) is 0 Å². The van der Waals surface area contributed by atoms with Gasteiger partial charge < -0.3 is 9.84 Å². The molecule has 0 aromatic rings. The molecule has 0 radical (unpaired) electrons. The lowest BCUT2D eigenvalue weighted by molar-refractivity contribution is -0.147. The van der Waals surface area contributed by atoms with Gasteiger partial charge in [0.15, 0.2) is 0 Å². The van der Waals surface area contributed by atoms with Gasteiger partial charge in [0.05, 0.1) is 12.0 Å². The Balaban J connectivity index is 2.39. The average molecular weight is 158 g/mol. The van der Waals surface area contributed by atoms with Crippen molar-refractivity contribution in [3.05, 3.63) is 0 Å². The van der Waals surface area contributed by atoms with E-state index in [1.165, 1.54) is 0 Å². The highest BCUT2D eigenvalue weighted by Crippen LogP contribution is 2.21. The third kappa shape index (κ3) is 2.19. The number of aliphatic carboxylic acids is 1. The maximum Gasteiger partial charge on any atom is 0.306 e. The minimum atomic E-state index is -0.674. The molecular weight excluding hydrogens is 144 g/mol. The molecule has 1 N–H and O–H groups in total. The maximum atomic E-state index is 10.6. The number of hydrogen-bond acceptors (Lipinski definition) is 2. The molecule has 0 saturated carbocycles. The van der Waals surface area contributed by atoms with Crippen molar-refractivity contribution in [1.29, 1.82) is 0 Å². The Bertz CT molecular complexity index is 144. The van der Waals surface area contributed by atoms with Crippen LogP contribution in [0.1, 0.15) is 26.2 Å². The molecule has 1 rings (SSSR count). The van der Waals surface area contributed by atoms with Crippen LogP contribution in [-0.2, 0) is 9.53 Å². The van der Waals surface area contributed by atoms with Crippen molar-refractivity contribution in [2.45, 2.75) is 32.3 Å². The SMILES string of the molecule is CC[C@@H]1C[C@@H](C(=O)O)CCO1. The van der Waals surface area contributed by atoms with Gasteiger partial charge in [-0.05, 0) is 19.3 Å². The van der Waals surface area contributed by atoms with E-state index < -0.39 is 5.97 Å². The van der Waals surface area contributed by atoms with E-state index in [1.54, 1.807) is 0 Å². The summed E-state index contributed by atoms with van der Waals surface area (Å²) in [4.78, 5) is 10.6. The van der Waals surface area contributed by atoms with Crippen molar-refractivity contribution in [1.82, 2.24) is 0 Å². The highest BCUT2D eigenvalue weighted by atomic mass is 16.5. The first-order valence-electron chi connectivity index (χ1n) is 4.08. The molecule has 11 heavy (non-hydrogen) atoms. The van der Waals surface area contributed by atoms with Gasteiger partial charge in [0.1, 0.15) is 0 Å². The first kappa shape index (κ1) is 8.53. The van der Waals surface area contributed by atoms with Crippen LogP contribution >= 0.6 is 0 Å². The molecule has 0 unspecified atom stereocenters. The van der Waals surface area contributed by atoms with Gasteiger partial charge in [-0.1, -0.05) is 6.92 Å². The molecule has 2 atom stereocenters. The highest BCUT2D eigenvalue weighted by molar-refractivity contribution is 5.70. The van der Waals surface area contributed by atoms with Crippen LogP contribution < -0.4 is 0 Å². The number of rotatable bonds is 2. The van der Waals surface area contributed by atoms with Gasteiger partial charge in [-0.15, -0.1) is 0 Å². The van der Waals surface area contributed by atoms with Crippen LogP contribution in [0.4, 0.5) is 0 Å². The molecule has 1 aliphatic rings. The van der Waals surface area contributed by atoms with E-state index in [0.717, 1.165) is 6.42 Å². The smallest absolute Gasteiger partial charge is 0.306 e. The molecule has 64 valence electrons. The van der Waals surface area contributed by atoms with Gasteiger partial charge in [-0.2, -0.15) is 0 Å². The van der Waals surface area contributed by atoms with Crippen LogP contribution in [0, 0.1) is 5.92 Å². The Hall–Kier alpha value is -0.570. The van der Waals surface area contributed by atoms with Gasteiger partial charge >= 0.3 is 5.97 Å². The van der Waals surface area contributed by atoms with E-state index in [9.17, 15) is 4.79 Å². The maximum absolute atomic E-state index is 10.6. The van der Waals surface area contributed by atoms with Crippen molar-refractivity contribution in [2.24, 2.45) is 5.92 Å². The predicted octanol–water partition coefficient (Wildman–Crippen LogP) is 1.28. The lowest BCUT2D eigenvalue weighted by Crippen LogP contribution is -2.29. The lowest BCUT2D eigenvalue weighted by atomic mass is 9.95. The van der Waals surface area contributed by atoms with E-state index in [1.807, 2.05) is 6.92 Å². The number of hydrogen-bond donors (Lipinski definition) is 1. The van der Waals surface area contributed by atoms with E-state index in [0.29, 0.717) is 19.4 Å². The number of carboxylic acid groups (broad SMARTS) is 1. The summed E-state index contributed by atoms with van der Waals surface area (Å²) in [5, 5.41) is 8.70. The minimum Gasteiger partial charge on any atom is -0.481 e. The molecule has 3 nitrogen and oxygen atoms in total.